The Balaban J connectivity index is 1.71. The minimum absolute atomic E-state index is 0.0318. The number of fused-ring (bicyclic) bond motifs is 1. The highest BCUT2D eigenvalue weighted by molar-refractivity contribution is 5.87. The summed E-state index contributed by atoms with van der Waals surface area (Å²) in [5, 5.41) is 8.74. The number of rotatable bonds is 4. The highest BCUT2D eigenvalue weighted by Gasteiger charge is 2.13. The molecule has 4 aromatic rings. The minimum atomic E-state index is 0.0318. The van der Waals surface area contributed by atoms with E-state index in [0.29, 0.717) is 0 Å². The Bertz CT molecular complexity index is 949. The van der Waals surface area contributed by atoms with Crippen molar-refractivity contribution in [1.29, 1.82) is 0 Å². The number of anilines is 1. The average molecular weight is 316 g/mol. The molecule has 0 radical (unpaired) electrons. The van der Waals surface area contributed by atoms with Crippen LogP contribution in [-0.4, -0.2) is 24.7 Å². The Morgan fingerprint density at radius 2 is 1.79 bits per heavy atom. The van der Waals surface area contributed by atoms with Gasteiger partial charge in [0.2, 0.25) is 0 Å². The van der Waals surface area contributed by atoms with Crippen LogP contribution in [0.1, 0.15) is 18.7 Å². The molecule has 0 aliphatic carbocycles. The van der Waals surface area contributed by atoms with Gasteiger partial charge >= 0.3 is 0 Å². The molecule has 0 fully saturated rings. The van der Waals surface area contributed by atoms with Gasteiger partial charge in [-0.3, -0.25) is 4.98 Å². The predicted octanol–water partition coefficient (Wildman–Crippen LogP) is 3.38. The second-order valence-electron chi connectivity index (χ2n) is 5.47. The molecule has 0 aliphatic rings. The van der Waals surface area contributed by atoms with Crippen molar-refractivity contribution in [3.8, 4) is 5.69 Å². The molecule has 0 spiro atoms. The molecule has 0 aliphatic heterocycles. The van der Waals surface area contributed by atoms with Crippen molar-refractivity contribution in [3.05, 3.63) is 72.9 Å². The number of hydrogen-bond acceptors (Lipinski definition) is 5. The lowest BCUT2D eigenvalue weighted by atomic mass is 10.2. The maximum atomic E-state index is 4.46. The van der Waals surface area contributed by atoms with Crippen LogP contribution in [0.4, 0.5) is 5.82 Å². The zero-order valence-electron chi connectivity index (χ0n) is 13.2. The van der Waals surface area contributed by atoms with Crippen LogP contribution in [0.15, 0.2) is 67.3 Å². The minimum Gasteiger partial charge on any atom is -0.361 e. The summed E-state index contributed by atoms with van der Waals surface area (Å²) in [7, 11) is 0. The number of nitrogens with one attached hydrogen (secondary N) is 1. The van der Waals surface area contributed by atoms with Crippen LogP contribution >= 0.6 is 0 Å². The van der Waals surface area contributed by atoms with Gasteiger partial charge in [0.1, 0.15) is 12.1 Å². The molecule has 118 valence electrons. The summed E-state index contributed by atoms with van der Waals surface area (Å²) in [4.78, 5) is 13.1. The summed E-state index contributed by atoms with van der Waals surface area (Å²) in [5.41, 5.74) is 2.70. The Hall–Kier alpha value is -3.28. The summed E-state index contributed by atoms with van der Waals surface area (Å²) in [6, 6.07) is 15.8. The number of para-hydroxylation sites is 1. The number of hydrogen-bond donors (Lipinski definition) is 1. The van der Waals surface area contributed by atoms with E-state index in [1.54, 1.807) is 18.7 Å². The molecular weight excluding hydrogens is 300 g/mol. The second kappa shape index (κ2) is 6.08. The van der Waals surface area contributed by atoms with Gasteiger partial charge in [0.05, 0.1) is 29.0 Å². The fourth-order valence-electron chi connectivity index (χ4n) is 2.63. The summed E-state index contributed by atoms with van der Waals surface area (Å²) in [6.07, 6.45) is 5.13. The molecule has 4 rings (SSSR count). The van der Waals surface area contributed by atoms with Crippen LogP contribution in [0.25, 0.3) is 16.7 Å². The first-order valence-corrected chi connectivity index (χ1v) is 7.74. The van der Waals surface area contributed by atoms with Gasteiger partial charge in [-0.1, -0.05) is 24.3 Å². The van der Waals surface area contributed by atoms with Crippen molar-refractivity contribution < 1.29 is 0 Å². The molecule has 0 amide bonds. The van der Waals surface area contributed by atoms with E-state index in [4.69, 9.17) is 0 Å². The molecule has 1 atom stereocenters. The number of aromatic nitrogens is 5. The zero-order valence-corrected chi connectivity index (χ0v) is 13.2. The van der Waals surface area contributed by atoms with Crippen LogP contribution in [0, 0.1) is 0 Å². The summed E-state index contributed by atoms with van der Waals surface area (Å²) < 4.78 is 1.81. The quantitative estimate of drug-likeness (QED) is 0.625. The molecular formula is C18H16N6. The fourth-order valence-corrected chi connectivity index (χ4v) is 2.63. The maximum absolute atomic E-state index is 4.46. The van der Waals surface area contributed by atoms with E-state index >= 15 is 0 Å². The van der Waals surface area contributed by atoms with Crippen molar-refractivity contribution in [2.45, 2.75) is 13.0 Å². The number of benzene rings is 1. The van der Waals surface area contributed by atoms with E-state index in [-0.39, 0.29) is 6.04 Å². The lowest BCUT2D eigenvalue weighted by Gasteiger charge is -2.14. The van der Waals surface area contributed by atoms with Crippen molar-refractivity contribution in [1.82, 2.24) is 24.7 Å². The molecule has 0 saturated carbocycles. The first kappa shape index (κ1) is 14.3. The monoisotopic (exact) mass is 316 g/mol. The number of nitrogens with zero attached hydrogens (tertiary/aromatic N) is 5. The topological polar surface area (TPSA) is 68.5 Å². The van der Waals surface area contributed by atoms with Gasteiger partial charge in [0, 0.05) is 6.20 Å². The summed E-state index contributed by atoms with van der Waals surface area (Å²) in [5.74, 6) is 0.750. The molecule has 24 heavy (non-hydrogen) atoms. The van der Waals surface area contributed by atoms with E-state index in [1.807, 2.05) is 53.2 Å². The first-order valence-electron chi connectivity index (χ1n) is 7.74. The van der Waals surface area contributed by atoms with E-state index in [1.165, 1.54) is 0 Å². The zero-order chi connectivity index (χ0) is 16.4. The van der Waals surface area contributed by atoms with Crippen LogP contribution < -0.4 is 5.32 Å². The molecule has 1 N–H and O–H groups in total. The lowest BCUT2D eigenvalue weighted by molar-refractivity contribution is 0.832. The van der Waals surface area contributed by atoms with E-state index in [0.717, 1.165) is 28.2 Å². The van der Waals surface area contributed by atoms with Crippen LogP contribution in [0.3, 0.4) is 0 Å². The fraction of sp³-hybridized carbons (Fsp3) is 0.111. The third-order valence-corrected chi connectivity index (χ3v) is 3.85. The van der Waals surface area contributed by atoms with Gasteiger partial charge in [-0.2, -0.15) is 5.10 Å². The molecule has 0 bridgehead atoms. The maximum Gasteiger partial charge on any atom is 0.168 e. The largest absolute Gasteiger partial charge is 0.361 e. The molecule has 1 aromatic carbocycles. The normalized spacial score (nSPS) is 12.2. The van der Waals surface area contributed by atoms with Crippen molar-refractivity contribution >= 4 is 16.9 Å². The Morgan fingerprint density at radius 3 is 2.58 bits per heavy atom. The first-order chi connectivity index (χ1) is 11.8. The third kappa shape index (κ3) is 2.58. The predicted molar refractivity (Wildman–Crippen MR) is 92.9 cm³/mol. The smallest absolute Gasteiger partial charge is 0.168 e. The van der Waals surface area contributed by atoms with Crippen LogP contribution in [-0.2, 0) is 0 Å². The van der Waals surface area contributed by atoms with Crippen LogP contribution in [0.2, 0.25) is 0 Å². The average Bonchev–Trinajstić information content (AvgIpc) is 3.08. The van der Waals surface area contributed by atoms with Gasteiger partial charge in [0.25, 0.3) is 0 Å². The van der Waals surface area contributed by atoms with Crippen LogP contribution in [0.5, 0.6) is 0 Å². The van der Waals surface area contributed by atoms with E-state index < -0.39 is 0 Å². The second-order valence-corrected chi connectivity index (χ2v) is 5.47. The molecule has 0 unspecified atom stereocenters. The Morgan fingerprint density at radius 1 is 0.958 bits per heavy atom. The SMILES string of the molecule is C[C@@H](Nc1ncnc2c1cnn2-c1ccccc1)c1ccccn1. The van der Waals surface area contributed by atoms with Gasteiger partial charge in [-0.25, -0.2) is 14.6 Å². The summed E-state index contributed by atoms with van der Waals surface area (Å²) in [6.45, 7) is 2.05. The van der Waals surface area contributed by atoms with Crippen molar-refractivity contribution in [3.63, 3.8) is 0 Å². The highest BCUT2D eigenvalue weighted by Crippen LogP contribution is 2.24. The standard InChI is InChI=1S/C18H16N6/c1-13(16-9-5-6-10-19-16)23-17-15-11-22-24(18(15)21-12-20-17)14-7-3-2-4-8-14/h2-13H,1H3,(H,20,21,23)/t13-/m1/s1. The van der Waals surface area contributed by atoms with Gasteiger partial charge in [-0.05, 0) is 31.2 Å². The van der Waals surface area contributed by atoms with Gasteiger partial charge in [0.15, 0.2) is 5.65 Å². The van der Waals surface area contributed by atoms with Crippen molar-refractivity contribution in [2.24, 2.45) is 0 Å². The molecule has 6 nitrogen and oxygen atoms in total. The molecule has 0 saturated heterocycles. The summed E-state index contributed by atoms with van der Waals surface area (Å²) >= 11 is 0. The lowest BCUT2D eigenvalue weighted by Crippen LogP contribution is -2.10. The van der Waals surface area contributed by atoms with Gasteiger partial charge < -0.3 is 5.32 Å². The van der Waals surface area contributed by atoms with E-state index in [9.17, 15) is 0 Å². The van der Waals surface area contributed by atoms with Gasteiger partial charge in [-0.15, -0.1) is 0 Å². The third-order valence-electron chi connectivity index (χ3n) is 3.85. The molecule has 3 heterocycles. The molecule has 3 aromatic heterocycles. The highest BCUT2D eigenvalue weighted by atomic mass is 15.3. The molecule has 6 heteroatoms. The Kier molecular flexibility index (Phi) is 3.63. The van der Waals surface area contributed by atoms with E-state index in [2.05, 4.69) is 32.3 Å². The number of pyridine rings is 1. The Labute approximate surface area is 139 Å². The van der Waals surface area contributed by atoms with Crippen molar-refractivity contribution in [2.75, 3.05) is 5.32 Å².